The lowest BCUT2D eigenvalue weighted by molar-refractivity contribution is -0.123. The maximum atomic E-state index is 12.4. The molecule has 0 aliphatic carbocycles. The topological polar surface area (TPSA) is 85.5 Å². The largest absolute Gasteiger partial charge is 0.465 e. The highest BCUT2D eigenvalue weighted by Gasteiger charge is 2.26. The number of aromatic nitrogens is 1. The zero-order chi connectivity index (χ0) is 18.0. The number of ether oxygens (including phenoxy) is 1. The van der Waals surface area contributed by atoms with Crippen molar-refractivity contribution < 1.29 is 14.3 Å². The number of carbonyl (C=O) groups excluding carboxylic acids is 2. The molecule has 2 heterocycles. The number of pyridine rings is 1. The number of piperidine rings is 1. The van der Waals surface area contributed by atoms with E-state index in [0.29, 0.717) is 24.3 Å². The molecule has 6 heteroatoms. The van der Waals surface area contributed by atoms with Gasteiger partial charge in [0.25, 0.3) is 0 Å². The fourth-order valence-corrected chi connectivity index (χ4v) is 3.57. The number of nitrogens with zero attached hydrogens (tertiary/aromatic N) is 2. The highest BCUT2D eigenvalue weighted by atomic mass is 16.5. The molecule has 0 spiro atoms. The van der Waals surface area contributed by atoms with E-state index in [-0.39, 0.29) is 17.8 Å². The van der Waals surface area contributed by atoms with Crippen molar-refractivity contribution in [3.63, 3.8) is 0 Å². The van der Waals surface area contributed by atoms with Crippen molar-refractivity contribution >= 4 is 22.8 Å². The van der Waals surface area contributed by atoms with Crippen LogP contribution in [0.1, 0.15) is 34.5 Å². The number of esters is 1. The van der Waals surface area contributed by atoms with Crippen LogP contribution < -0.4 is 5.73 Å². The molecular formula is C19H23N3O3. The predicted octanol–water partition coefficient (Wildman–Crippen LogP) is 2.03. The quantitative estimate of drug-likeness (QED) is 0.860. The highest BCUT2D eigenvalue weighted by Crippen LogP contribution is 2.26. The molecule has 0 unspecified atom stereocenters. The molecular weight excluding hydrogens is 318 g/mol. The summed E-state index contributed by atoms with van der Waals surface area (Å²) >= 11 is 0. The van der Waals surface area contributed by atoms with E-state index < -0.39 is 0 Å². The van der Waals surface area contributed by atoms with E-state index in [0.717, 1.165) is 35.9 Å². The van der Waals surface area contributed by atoms with Crippen molar-refractivity contribution in [2.24, 2.45) is 11.7 Å². The van der Waals surface area contributed by atoms with Gasteiger partial charge in [0, 0.05) is 18.5 Å². The molecule has 1 aliphatic rings. The smallest absolute Gasteiger partial charge is 0.340 e. The zero-order valence-corrected chi connectivity index (χ0v) is 14.6. The number of primary amides is 1. The number of amides is 1. The third kappa shape index (κ3) is 3.49. The molecule has 2 aromatic rings. The van der Waals surface area contributed by atoms with E-state index in [4.69, 9.17) is 15.5 Å². The van der Waals surface area contributed by atoms with Gasteiger partial charge in [-0.1, -0.05) is 18.2 Å². The summed E-state index contributed by atoms with van der Waals surface area (Å²) in [4.78, 5) is 30.7. The predicted molar refractivity (Wildman–Crippen MR) is 95.0 cm³/mol. The summed E-state index contributed by atoms with van der Waals surface area (Å²) in [5.74, 6) is -0.786. The lowest BCUT2D eigenvalue weighted by Crippen LogP contribution is -2.41. The summed E-state index contributed by atoms with van der Waals surface area (Å²) in [6.07, 6.45) is 1.73. The second-order valence-corrected chi connectivity index (χ2v) is 6.54. The number of rotatable bonds is 4. The van der Waals surface area contributed by atoms with E-state index in [9.17, 15) is 9.59 Å². The number of likely N-dealkylation sites (tertiary alicyclic amines) is 1. The van der Waals surface area contributed by atoms with E-state index >= 15 is 0 Å². The van der Waals surface area contributed by atoms with Crippen LogP contribution in [-0.2, 0) is 16.1 Å². The van der Waals surface area contributed by atoms with Crippen molar-refractivity contribution in [1.82, 2.24) is 9.88 Å². The molecule has 0 radical (unpaired) electrons. The van der Waals surface area contributed by atoms with E-state index in [1.54, 1.807) is 0 Å². The number of aryl methyl sites for hydroxylation is 1. The number of hydrogen-bond donors (Lipinski definition) is 1. The van der Waals surface area contributed by atoms with Crippen LogP contribution in [0.2, 0.25) is 0 Å². The Morgan fingerprint density at radius 3 is 2.84 bits per heavy atom. The monoisotopic (exact) mass is 341 g/mol. The van der Waals surface area contributed by atoms with Gasteiger partial charge in [-0.2, -0.15) is 0 Å². The fraction of sp³-hybridized carbons (Fsp3) is 0.421. The molecule has 0 saturated carbocycles. The molecule has 3 rings (SSSR count). The van der Waals surface area contributed by atoms with Crippen LogP contribution in [0.3, 0.4) is 0 Å². The molecule has 6 nitrogen and oxygen atoms in total. The summed E-state index contributed by atoms with van der Waals surface area (Å²) in [5, 5.41) is 0.945. The van der Waals surface area contributed by atoms with Gasteiger partial charge >= 0.3 is 5.97 Å². The normalized spacial score (nSPS) is 18.2. The first-order valence-corrected chi connectivity index (χ1v) is 8.49. The van der Waals surface area contributed by atoms with Crippen LogP contribution in [0, 0.1) is 12.8 Å². The van der Waals surface area contributed by atoms with Crippen LogP contribution in [0.25, 0.3) is 10.9 Å². The van der Waals surface area contributed by atoms with Gasteiger partial charge in [-0.25, -0.2) is 4.79 Å². The number of nitrogens with two attached hydrogens (primary N) is 1. The molecule has 1 amide bonds. The average Bonchev–Trinajstić information content (AvgIpc) is 2.61. The Hall–Kier alpha value is -2.47. The Morgan fingerprint density at radius 2 is 2.12 bits per heavy atom. The van der Waals surface area contributed by atoms with Crippen molar-refractivity contribution in [1.29, 1.82) is 0 Å². The van der Waals surface area contributed by atoms with Gasteiger partial charge < -0.3 is 10.5 Å². The summed E-state index contributed by atoms with van der Waals surface area (Å²) in [5.41, 5.74) is 8.39. The lowest BCUT2D eigenvalue weighted by Gasteiger charge is -2.31. The van der Waals surface area contributed by atoms with Gasteiger partial charge in [0.05, 0.1) is 29.8 Å². The van der Waals surface area contributed by atoms with Gasteiger partial charge in [0.15, 0.2) is 0 Å². The minimum Gasteiger partial charge on any atom is -0.465 e. The molecule has 1 aromatic carbocycles. The molecule has 25 heavy (non-hydrogen) atoms. The van der Waals surface area contributed by atoms with E-state index in [1.165, 1.54) is 7.11 Å². The highest BCUT2D eigenvalue weighted by molar-refractivity contribution is 5.98. The van der Waals surface area contributed by atoms with Gasteiger partial charge in [0.2, 0.25) is 5.91 Å². The number of hydrogen-bond acceptors (Lipinski definition) is 5. The Morgan fingerprint density at radius 1 is 1.36 bits per heavy atom. The number of carbonyl (C=O) groups is 2. The molecule has 2 N–H and O–H groups in total. The zero-order valence-electron chi connectivity index (χ0n) is 14.6. The van der Waals surface area contributed by atoms with Crippen molar-refractivity contribution in [2.45, 2.75) is 26.3 Å². The number of para-hydroxylation sites is 1. The summed E-state index contributed by atoms with van der Waals surface area (Å²) in [6.45, 7) is 3.88. The van der Waals surface area contributed by atoms with Crippen LogP contribution in [0.4, 0.5) is 0 Å². The Labute approximate surface area is 147 Å². The minimum atomic E-state index is -0.380. The third-order valence-corrected chi connectivity index (χ3v) is 4.90. The molecule has 1 aromatic heterocycles. The summed E-state index contributed by atoms with van der Waals surface area (Å²) in [7, 11) is 1.38. The number of methoxy groups -OCH3 is 1. The minimum absolute atomic E-state index is 0.142. The van der Waals surface area contributed by atoms with Gasteiger partial charge in [-0.3, -0.25) is 14.7 Å². The molecule has 0 bridgehead atoms. The molecule has 1 fully saturated rings. The molecule has 1 atom stereocenters. The van der Waals surface area contributed by atoms with E-state index in [2.05, 4.69) is 4.90 Å². The summed E-state index contributed by atoms with van der Waals surface area (Å²) < 4.78 is 4.98. The first kappa shape index (κ1) is 17.4. The van der Waals surface area contributed by atoms with Crippen LogP contribution in [0.15, 0.2) is 24.3 Å². The SMILES string of the molecule is COC(=O)c1c(CN2CCC[C@@H](C(N)=O)C2)nc2ccccc2c1C. The van der Waals surface area contributed by atoms with E-state index in [1.807, 2.05) is 31.2 Å². The standard InChI is InChI=1S/C19H23N3O3/c1-12-14-7-3-4-8-15(14)21-16(17(12)19(24)25-2)11-22-9-5-6-13(10-22)18(20)23/h3-4,7-8,13H,5-6,9-11H2,1-2H3,(H2,20,23)/t13-/m1/s1. The Bertz CT molecular complexity index is 819. The molecule has 1 saturated heterocycles. The second-order valence-electron chi connectivity index (χ2n) is 6.54. The molecule has 132 valence electrons. The van der Waals surface area contributed by atoms with Gasteiger partial charge in [-0.05, 0) is 37.9 Å². The van der Waals surface area contributed by atoms with Gasteiger partial charge in [0.1, 0.15) is 0 Å². The Kier molecular flexibility index (Phi) is 4.99. The van der Waals surface area contributed by atoms with Crippen LogP contribution >= 0.6 is 0 Å². The first-order chi connectivity index (χ1) is 12.0. The summed E-state index contributed by atoms with van der Waals surface area (Å²) in [6, 6.07) is 7.76. The number of fused-ring (bicyclic) bond motifs is 1. The third-order valence-electron chi connectivity index (χ3n) is 4.90. The lowest BCUT2D eigenvalue weighted by atomic mass is 9.96. The van der Waals surface area contributed by atoms with Gasteiger partial charge in [-0.15, -0.1) is 0 Å². The second kappa shape index (κ2) is 7.19. The van der Waals surface area contributed by atoms with Crippen molar-refractivity contribution in [3.8, 4) is 0 Å². The maximum absolute atomic E-state index is 12.4. The van der Waals surface area contributed by atoms with Crippen molar-refractivity contribution in [3.05, 3.63) is 41.1 Å². The average molecular weight is 341 g/mol. The number of benzene rings is 1. The first-order valence-electron chi connectivity index (χ1n) is 8.49. The molecule has 1 aliphatic heterocycles. The Balaban J connectivity index is 1.99. The van der Waals surface area contributed by atoms with Crippen LogP contribution in [0.5, 0.6) is 0 Å². The maximum Gasteiger partial charge on any atom is 0.340 e. The fourth-order valence-electron chi connectivity index (χ4n) is 3.57. The van der Waals surface area contributed by atoms with Crippen LogP contribution in [-0.4, -0.2) is 42.0 Å². The van der Waals surface area contributed by atoms with Crippen molar-refractivity contribution in [2.75, 3.05) is 20.2 Å².